The van der Waals surface area contributed by atoms with E-state index in [4.69, 9.17) is 10.5 Å². The molecule has 0 amide bonds. The average Bonchev–Trinajstić information content (AvgIpc) is 2.66. The zero-order chi connectivity index (χ0) is 9.68. The molecule has 1 saturated heterocycles. The molecule has 78 valence electrons. The Kier molecular flexibility index (Phi) is 4.70. The first kappa shape index (κ1) is 11.0. The maximum atomic E-state index is 5.62. The second-order valence-electron chi connectivity index (χ2n) is 3.95. The van der Waals surface area contributed by atoms with E-state index in [2.05, 4.69) is 18.7 Å². The van der Waals surface area contributed by atoms with E-state index < -0.39 is 0 Å². The number of likely N-dealkylation sites (N-methyl/N-ethyl adjacent to an activating group) is 1. The Morgan fingerprint density at radius 3 is 2.85 bits per heavy atom. The van der Waals surface area contributed by atoms with Crippen LogP contribution in [0.15, 0.2) is 0 Å². The Bertz CT molecular complexity index is 135. The lowest BCUT2D eigenvalue weighted by molar-refractivity contribution is 0.137. The van der Waals surface area contributed by atoms with Crippen molar-refractivity contribution in [2.45, 2.75) is 26.3 Å². The van der Waals surface area contributed by atoms with Crippen LogP contribution < -0.4 is 5.73 Å². The first-order valence-corrected chi connectivity index (χ1v) is 5.29. The molecule has 3 heteroatoms. The summed E-state index contributed by atoms with van der Waals surface area (Å²) in [6.07, 6.45) is 1.19. The van der Waals surface area contributed by atoms with Crippen LogP contribution in [0, 0.1) is 5.92 Å². The third-order valence-electron chi connectivity index (χ3n) is 2.78. The number of nitrogens with zero attached hydrogens (tertiary/aromatic N) is 1. The SMILES string of the molecule is CCN(CC(C)CN)C1CCOC1. The summed E-state index contributed by atoms with van der Waals surface area (Å²) in [4.78, 5) is 2.49. The van der Waals surface area contributed by atoms with Crippen LogP contribution in [-0.2, 0) is 4.74 Å². The summed E-state index contributed by atoms with van der Waals surface area (Å²) in [5, 5.41) is 0. The highest BCUT2D eigenvalue weighted by Crippen LogP contribution is 2.13. The summed E-state index contributed by atoms with van der Waals surface area (Å²) in [7, 11) is 0. The molecular weight excluding hydrogens is 164 g/mol. The third kappa shape index (κ3) is 3.25. The van der Waals surface area contributed by atoms with Crippen LogP contribution in [0.2, 0.25) is 0 Å². The zero-order valence-corrected chi connectivity index (χ0v) is 8.83. The van der Waals surface area contributed by atoms with Crippen molar-refractivity contribution >= 4 is 0 Å². The van der Waals surface area contributed by atoms with E-state index in [9.17, 15) is 0 Å². The molecule has 0 bridgehead atoms. The summed E-state index contributed by atoms with van der Waals surface area (Å²) >= 11 is 0. The molecule has 0 saturated carbocycles. The minimum atomic E-state index is 0.598. The van der Waals surface area contributed by atoms with Gasteiger partial charge in [-0.2, -0.15) is 0 Å². The summed E-state index contributed by atoms with van der Waals surface area (Å²) in [5.74, 6) is 0.598. The molecule has 1 rings (SSSR count). The predicted molar refractivity (Wildman–Crippen MR) is 54.7 cm³/mol. The summed E-state index contributed by atoms with van der Waals surface area (Å²) in [6, 6.07) is 0.638. The van der Waals surface area contributed by atoms with E-state index in [0.717, 1.165) is 32.8 Å². The van der Waals surface area contributed by atoms with Crippen LogP contribution >= 0.6 is 0 Å². The Morgan fingerprint density at radius 1 is 1.62 bits per heavy atom. The van der Waals surface area contributed by atoms with Crippen molar-refractivity contribution < 1.29 is 4.74 Å². The second-order valence-corrected chi connectivity index (χ2v) is 3.95. The fourth-order valence-electron chi connectivity index (χ4n) is 1.82. The van der Waals surface area contributed by atoms with Gasteiger partial charge in [0, 0.05) is 19.2 Å². The normalized spacial score (nSPS) is 25.4. The highest BCUT2D eigenvalue weighted by atomic mass is 16.5. The molecule has 1 aliphatic heterocycles. The van der Waals surface area contributed by atoms with Gasteiger partial charge in [0.05, 0.1) is 6.61 Å². The second kappa shape index (κ2) is 5.58. The van der Waals surface area contributed by atoms with Gasteiger partial charge >= 0.3 is 0 Å². The van der Waals surface area contributed by atoms with Crippen molar-refractivity contribution in [2.24, 2.45) is 11.7 Å². The van der Waals surface area contributed by atoms with Gasteiger partial charge in [0.1, 0.15) is 0 Å². The molecule has 13 heavy (non-hydrogen) atoms. The van der Waals surface area contributed by atoms with Crippen molar-refractivity contribution in [1.82, 2.24) is 4.90 Å². The van der Waals surface area contributed by atoms with Crippen LogP contribution in [0.25, 0.3) is 0 Å². The fraction of sp³-hybridized carbons (Fsp3) is 1.00. The number of hydrogen-bond acceptors (Lipinski definition) is 3. The fourth-order valence-corrected chi connectivity index (χ4v) is 1.82. The van der Waals surface area contributed by atoms with E-state index in [-0.39, 0.29) is 0 Å². The van der Waals surface area contributed by atoms with E-state index in [0.29, 0.717) is 12.0 Å². The monoisotopic (exact) mass is 186 g/mol. The molecule has 0 aromatic rings. The Hall–Kier alpha value is -0.120. The molecule has 3 nitrogen and oxygen atoms in total. The maximum Gasteiger partial charge on any atom is 0.0622 e. The van der Waals surface area contributed by atoms with E-state index in [1.165, 1.54) is 6.42 Å². The molecule has 0 aromatic carbocycles. The number of hydrogen-bond donors (Lipinski definition) is 1. The van der Waals surface area contributed by atoms with E-state index in [1.54, 1.807) is 0 Å². The minimum absolute atomic E-state index is 0.598. The van der Waals surface area contributed by atoms with Gasteiger partial charge < -0.3 is 10.5 Å². The molecule has 2 N–H and O–H groups in total. The van der Waals surface area contributed by atoms with Crippen LogP contribution in [-0.4, -0.2) is 43.8 Å². The van der Waals surface area contributed by atoms with E-state index in [1.807, 2.05) is 0 Å². The average molecular weight is 186 g/mol. The van der Waals surface area contributed by atoms with Crippen molar-refractivity contribution in [3.8, 4) is 0 Å². The number of nitrogens with two attached hydrogens (primary N) is 1. The summed E-state index contributed by atoms with van der Waals surface area (Å²) in [6.45, 7) is 9.26. The van der Waals surface area contributed by atoms with Gasteiger partial charge in [0.2, 0.25) is 0 Å². The molecule has 1 fully saturated rings. The molecule has 0 aromatic heterocycles. The van der Waals surface area contributed by atoms with E-state index >= 15 is 0 Å². The first-order chi connectivity index (χ1) is 6.27. The highest BCUT2D eigenvalue weighted by Gasteiger charge is 2.22. The smallest absolute Gasteiger partial charge is 0.0622 e. The van der Waals surface area contributed by atoms with Crippen molar-refractivity contribution in [1.29, 1.82) is 0 Å². The first-order valence-electron chi connectivity index (χ1n) is 5.29. The van der Waals surface area contributed by atoms with Gasteiger partial charge in [-0.05, 0) is 25.4 Å². The maximum absolute atomic E-state index is 5.62. The lowest BCUT2D eigenvalue weighted by Crippen LogP contribution is -2.39. The number of rotatable bonds is 5. The van der Waals surface area contributed by atoms with Crippen molar-refractivity contribution in [3.63, 3.8) is 0 Å². The van der Waals surface area contributed by atoms with Crippen LogP contribution in [0.5, 0.6) is 0 Å². The van der Waals surface area contributed by atoms with Gasteiger partial charge in [0.25, 0.3) is 0 Å². The Morgan fingerprint density at radius 2 is 2.38 bits per heavy atom. The Balaban J connectivity index is 2.32. The quantitative estimate of drug-likeness (QED) is 0.686. The Labute approximate surface area is 81.2 Å². The lowest BCUT2D eigenvalue weighted by atomic mass is 10.1. The third-order valence-corrected chi connectivity index (χ3v) is 2.78. The summed E-state index contributed by atoms with van der Waals surface area (Å²) in [5.41, 5.74) is 5.62. The van der Waals surface area contributed by atoms with Gasteiger partial charge in [0.15, 0.2) is 0 Å². The molecule has 0 spiro atoms. The van der Waals surface area contributed by atoms with Crippen LogP contribution in [0.3, 0.4) is 0 Å². The predicted octanol–water partition coefficient (Wildman–Crippen LogP) is 0.692. The van der Waals surface area contributed by atoms with Crippen LogP contribution in [0.1, 0.15) is 20.3 Å². The number of ether oxygens (including phenoxy) is 1. The van der Waals surface area contributed by atoms with Crippen LogP contribution in [0.4, 0.5) is 0 Å². The molecule has 2 atom stereocenters. The molecule has 1 aliphatic rings. The molecule has 2 unspecified atom stereocenters. The highest BCUT2D eigenvalue weighted by molar-refractivity contribution is 4.76. The molecule has 1 heterocycles. The van der Waals surface area contributed by atoms with Crippen molar-refractivity contribution in [3.05, 3.63) is 0 Å². The largest absolute Gasteiger partial charge is 0.380 e. The molecule has 0 aliphatic carbocycles. The summed E-state index contributed by atoms with van der Waals surface area (Å²) < 4.78 is 5.38. The molecular formula is C10H22N2O. The van der Waals surface area contributed by atoms with Gasteiger partial charge in [-0.25, -0.2) is 0 Å². The minimum Gasteiger partial charge on any atom is -0.380 e. The lowest BCUT2D eigenvalue weighted by Gasteiger charge is -2.28. The van der Waals surface area contributed by atoms with Crippen molar-refractivity contribution in [2.75, 3.05) is 32.8 Å². The topological polar surface area (TPSA) is 38.5 Å². The molecule has 0 radical (unpaired) electrons. The standard InChI is InChI=1S/C10H22N2O/c1-3-12(7-9(2)6-11)10-4-5-13-8-10/h9-10H,3-8,11H2,1-2H3. The van der Waals surface area contributed by atoms with Gasteiger partial charge in [-0.1, -0.05) is 13.8 Å². The zero-order valence-electron chi connectivity index (χ0n) is 8.83. The van der Waals surface area contributed by atoms with Gasteiger partial charge in [-0.15, -0.1) is 0 Å². The van der Waals surface area contributed by atoms with Gasteiger partial charge in [-0.3, -0.25) is 4.90 Å².